The first-order valence-electron chi connectivity index (χ1n) is 7.25. The van der Waals surface area contributed by atoms with Crippen molar-refractivity contribution in [3.05, 3.63) is 29.1 Å². The van der Waals surface area contributed by atoms with Crippen LogP contribution in [0.4, 0.5) is 22.0 Å². The van der Waals surface area contributed by atoms with Crippen molar-refractivity contribution in [1.82, 2.24) is 5.32 Å². The van der Waals surface area contributed by atoms with Gasteiger partial charge in [-0.1, -0.05) is 32.6 Å². The predicted molar refractivity (Wildman–Crippen MR) is 73.5 cm³/mol. The lowest BCUT2D eigenvalue weighted by Gasteiger charge is -2.16. The first-order valence-corrected chi connectivity index (χ1v) is 7.25. The molecule has 0 amide bonds. The molecule has 0 saturated carbocycles. The summed E-state index contributed by atoms with van der Waals surface area (Å²) in [5.74, 6) is -13.6. The van der Waals surface area contributed by atoms with Crippen LogP contribution in [0, 0.1) is 29.1 Å². The molecule has 0 bridgehead atoms. The summed E-state index contributed by atoms with van der Waals surface area (Å²) in [6, 6.07) is -0.901. The van der Waals surface area contributed by atoms with E-state index >= 15 is 0 Å². The third-order valence-electron chi connectivity index (χ3n) is 3.35. The maximum Gasteiger partial charge on any atom is 0.328 e. The standard InChI is InChI=1S/C15H18F5NO2/c1-3-4-5-6-7-8(21-2)15(22)23-14-12(19)10(17)9(16)11(18)13(14)20/h8,21H,3-7H2,1-2H3. The number of nitrogens with one attached hydrogen (secondary N) is 1. The van der Waals surface area contributed by atoms with Crippen LogP contribution in [0.1, 0.15) is 39.0 Å². The fourth-order valence-corrected chi connectivity index (χ4v) is 2.00. The van der Waals surface area contributed by atoms with E-state index in [1.54, 1.807) is 0 Å². The molecule has 0 aromatic heterocycles. The molecule has 1 aromatic carbocycles. The Hall–Kier alpha value is -1.70. The van der Waals surface area contributed by atoms with E-state index in [1.165, 1.54) is 7.05 Å². The number of halogens is 5. The maximum absolute atomic E-state index is 13.5. The summed E-state index contributed by atoms with van der Waals surface area (Å²) in [4.78, 5) is 11.9. The van der Waals surface area contributed by atoms with Gasteiger partial charge in [0.2, 0.25) is 34.8 Å². The zero-order chi connectivity index (χ0) is 17.6. The summed E-state index contributed by atoms with van der Waals surface area (Å²) in [6.07, 6.45) is 3.78. The Bertz CT molecular complexity index is 536. The topological polar surface area (TPSA) is 38.3 Å². The summed E-state index contributed by atoms with van der Waals surface area (Å²) < 4.78 is 70.4. The molecule has 1 aromatic rings. The number of benzene rings is 1. The third-order valence-corrected chi connectivity index (χ3v) is 3.35. The van der Waals surface area contributed by atoms with E-state index in [0.717, 1.165) is 19.3 Å². The van der Waals surface area contributed by atoms with Crippen LogP contribution >= 0.6 is 0 Å². The molecule has 1 N–H and O–H groups in total. The molecule has 1 unspecified atom stereocenters. The SMILES string of the molecule is CCCCCCC(NC)C(=O)Oc1c(F)c(F)c(F)c(F)c1F. The van der Waals surface area contributed by atoms with Crippen LogP contribution in [0.3, 0.4) is 0 Å². The molecule has 0 saturated heterocycles. The molecule has 0 spiro atoms. The van der Waals surface area contributed by atoms with Gasteiger partial charge in [-0.2, -0.15) is 8.78 Å². The Labute approximate surface area is 130 Å². The van der Waals surface area contributed by atoms with Crippen molar-refractivity contribution in [2.24, 2.45) is 0 Å². The minimum Gasteiger partial charge on any atom is -0.419 e. The number of rotatable bonds is 8. The Morgan fingerprint density at radius 3 is 1.96 bits per heavy atom. The number of likely N-dealkylation sites (N-methyl/N-ethyl adjacent to an activating group) is 1. The van der Waals surface area contributed by atoms with E-state index in [-0.39, 0.29) is 0 Å². The highest BCUT2D eigenvalue weighted by Crippen LogP contribution is 2.29. The largest absolute Gasteiger partial charge is 0.419 e. The van der Waals surface area contributed by atoms with E-state index in [9.17, 15) is 26.7 Å². The zero-order valence-corrected chi connectivity index (χ0v) is 12.8. The molecule has 1 atom stereocenters. The first kappa shape index (κ1) is 19.3. The minimum absolute atomic E-state index is 0.324. The average molecular weight is 339 g/mol. The monoisotopic (exact) mass is 339 g/mol. The molecule has 8 heteroatoms. The lowest BCUT2D eigenvalue weighted by atomic mass is 10.1. The van der Waals surface area contributed by atoms with Gasteiger partial charge in [-0.25, -0.2) is 18.0 Å². The van der Waals surface area contributed by atoms with Crippen LogP contribution in [0.2, 0.25) is 0 Å². The van der Waals surface area contributed by atoms with Crippen LogP contribution in [0.15, 0.2) is 0 Å². The van der Waals surface area contributed by atoms with Crippen LogP contribution < -0.4 is 10.1 Å². The van der Waals surface area contributed by atoms with Crippen molar-refractivity contribution in [1.29, 1.82) is 0 Å². The molecule has 1 rings (SSSR count). The molecule has 0 aliphatic rings. The van der Waals surface area contributed by atoms with E-state index < -0.39 is 46.8 Å². The van der Waals surface area contributed by atoms with Crippen molar-refractivity contribution in [3.8, 4) is 5.75 Å². The minimum atomic E-state index is -2.30. The molecule has 23 heavy (non-hydrogen) atoms. The highest BCUT2D eigenvalue weighted by molar-refractivity contribution is 5.78. The van der Waals surface area contributed by atoms with Gasteiger partial charge >= 0.3 is 5.97 Å². The summed E-state index contributed by atoms with van der Waals surface area (Å²) in [7, 11) is 1.43. The summed E-state index contributed by atoms with van der Waals surface area (Å²) in [5, 5.41) is 2.60. The lowest BCUT2D eigenvalue weighted by Crippen LogP contribution is -2.37. The predicted octanol–water partition coefficient (Wildman–Crippen LogP) is 3.85. The molecule has 0 fully saturated rings. The fraction of sp³-hybridized carbons (Fsp3) is 0.533. The van der Waals surface area contributed by atoms with E-state index in [0.29, 0.717) is 12.8 Å². The highest BCUT2D eigenvalue weighted by atomic mass is 19.2. The van der Waals surface area contributed by atoms with E-state index in [4.69, 9.17) is 0 Å². The Balaban J connectivity index is 2.87. The van der Waals surface area contributed by atoms with Gasteiger partial charge in [-0.3, -0.25) is 0 Å². The number of esters is 1. The van der Waals surface area contributed by atoms with Crippen molar-refractivity contribution < 1.29 is 31.5 Å². The second-order valence-corrected chi connectivity index (χ2v) is 5.01. The van der Waals surface area contributed by atoms with Crippen LogP contribution in [-0.4, -0.2) is 19.1 Å². The van der Waals surface area contributed by atoms with Gasteiger partial charge in [0, 0.05) is 0 Å². The number of hydrogen-bond acceptors (Lipinski definition) is 3. The second kappa shape index (κ2) is 8.81. The Morgan fingerprint density at radius 2 is 1.48 bits per heavy atom. The van der Waals surface area contributed by atoms with E-state index in [1.807, 2.05) is 6.92 Å². The number of unbranched alkanes of at least 4 members (excludes halogenated alkanes) is 3. The van der Waals surface area contributed by atoms with Gasteiger partial charge in [0.25, 0.3) is 0 Å². The highest BCUT2D eigenvalue weighted by Gasteiger charge is 2.30. The van der Waals surface area contributed by atoms with Crippen molar-refractivity contribution in [2.45, 2.75) is 45.1 Å². The second-order valence-electron chi connectivity index (χ2n) is 5.01. The van der Waals surface area contributed by atoms with Crippen molar-refractivity contribution in [2.75, 3.05) is 7.05 Å². The zero-order valence-electron chi connectivity index (χ0n) is 12.8. The maximum atomic E-state index is 13.5. The van der Waals surface area contributed by atoms with Gasteiger partial charge in [-0.05, 0) is 13.5 Å². The van der Waals surface area contributed by atoms with Crippen LogP contribution in [0.5, 0.6) is 5.75 Å². The number of ether oxygens (including phenoxy) is 1. The molecule has 130 valence electrons. The van der Waals surface area contributed by atoms with Crippen LogP contribution in [-0.2, 0) is 4.79 Å². The molecule has 0 heterocycles. The number of carbonyl (C=O) groups excluding carboxylic acids is 1. The van der Waals surface area contributed by atoms with Gasteiger partial charge in [0.05, 0.1) is 0 Å². The lowest BCUT2D eigenvalue weighted by molar-refractivity contribution is -0.137. The Morgan fingerprint density at radius 1 is 0.957 bits per heavy atom. The molecule has 0 radical (unpaired) electrons. The van der Waals surface area contributed by atoms with E-state index in [2.05, 4.69) is 10.1 Å². The van der Waals surface area contributed by atoms with Gasteiger partial charge in [0.15, 0.2) is 0 Å². The normalized spacial score (nSPS) is 12.3. The number of carbonyl (C=O) groups is 1. The Kier molecular flexibility index (Phi) is 7.41. The van der Waals surface area contributed by atoms with Crippen LogP contribution in [0.25, 0.3) is 0 Å². The van der Waals surface area contributed by atoms with Gasteiger partial charge < -0.3 is 10.1 Å². The first-order chi connectivity index (χ1) is 10.8. The summed E-state index contributed by atoms with van der Waals surface area (Å²) >= 11 is 0. The van der Waals surface area contributed by atoms with Gasteiger partial charge in [0.1, 0.15) is 6.04 Å². The molecule has 3 nitrogen and oxygen atoms in total. The average Bonchev–Trinajstić information content (AvgIpc) is 2.55. The fourth-order valence-electron chi connectivity index (χ4n) is 2.00. The number of hydrogen-bond donors (Lipinski definition) is 1. The summed E-state index contributed by atoms with van der Waals surface area (Å²) in [5.41, 5.74) is 0. The molecule has 0 aliphatic carbocycles. The smallest absolute Gasteiger partial charge is 0.328 e. The van der Waals surface area contributed by atoms with Crippen molar-refractivity contribution >= 4 is 5.97 Å². The third kappa shape index (κ3) is 4.63. The molecular weight excluding hydrogens is 321 g/mol. The molecular formula is C15H18F5NO2. The van der Waals surface area contributed by atoms with Gasteiger partial charge in [-0.15, -0.1) is 0 Å². The quantitative estimate of drug-likeness (QED) is 0.195. The summed E-state index contributed by atoms with van der Waals surface area (Å²) in [6.45, 7) is 2.01. The van der Waals surface area contributed by atoms with Crippen molar-refractivity contribution in [3.63, 3.8) is 0 Å². The molecule has 0 aliphatic heterocycles.